The lowest BCUT2D eigenvalue weighted by Gasteiger charge is -2.21. The van der Waals surface area contributed by atoms with Gasteiger partial charge in [-0.1, -0.05) is 42.4 Å². The van der Waals surface area contributed by atoms with Crippen molar-refractivity contribution in [1.29, 1.82) is 0 Å². The van der Waals surface area contributed by atoms with Gasteiger partial charge in [0, 0.05) is 18.7 Å². The van der Waals surface area contributed by atoms with Crippen molar-refractivity contribution in [1.82, 2.24) is 10.1 Å². The fourth-order valence-electron chi connectivity index (χ4n) is 2.32. The molecule has 0 aliphatic rings. The molecule has 3 nitrogen and oxygen atoms in total. The van der Waals surface area contributed by atoms with Crippen LogP contribution >= 0.6 is 0 Å². The topological polar surface area (TPSA) is 29.3 Å². The van der Waals surface area contributed by atoms with Crippen LogP contribution in [-0.2, 0) is 13.1 Å². The van der Waals surface area contributed by atoms with Crippen LogP contribution < -0.4 is 0 Å². The average molecular weight is 258 g/mol. The Kier molecular flexibility index (Phi) is 4.74. The van der Waals surface area contributed by atoms with E-state index in [-0.39, 0.29) is 0 Å². The van der Waals surface area contributed by atoms with E-state index < -0.39 is 0 Å². The zero-order valence-corrected chi connectivity index (χ0v) is 12.0. The quantitative estimate of drug-likeness (QED) is 0.791. The minimum absolute atomic E-state index is 0.907. The van der Waals surface area contributed by atoms with Gasteiger partial charge >= 0.3 is 0 Å². The number of rotatable bonds is 6. The first-order valence-corrected chi connectivity index (χ1v) is 6.88. The van der Waals surface area contributed by atoms with Crippen molar-refractivity contribution in [3.63, 3.8) is 0 Å². The molecule has 0 amide bonds. The van der Waals surface area contributed by atoms with Gasteiger partial charge in [-0.25, -0.2) is 0 Å². The van der Waals surface area contributed by atoms with Crippen LogP contribution in [0.3, 0.4) is 0 Å². The van der Waals surface area contributed by atoms with Crippen molar-refractivity contribution in [3.05, 3.63) is 52.9 Å². The van der Waals surface area contributed by atoms with E-state index in [2.05, 4.69) is 47.3 Å². The Morgan fingerprint density at radius 1 is 1.11 bits per heavy atom. The standard InChI is InChI=1S/C16H22N2O/c1-4-10-18(11-15-8-6-5-7-9-15)12-16-13(2)17-19-14(16)3/h5-9H,4,10-12H2,1-3H3. The van der Waals surface area contributed by atoms with Crippen LogP contribution in [0.4, 0.5) is 0 Å². The molecule has 0 aliphatic heterocycles. The van der Waals surface area contributed by atoms with E-state index >= 15 is 0 Å². The Hall–Kier alpha value is -1.61. The Morgan fingerprint density at radius 3 is 2.42 bits per heavy atom. The molecule has 0 bridgehead atoms. The highest BCUT2D eigenvalue weighted by Crippen LogP contribution is 2.17. The predicted octanol–water partition coefficient (Wildman–Crippen LogP) is 3.70. The third-order valence-electron chi connectivity index (χ3n) is 3.35. The Morgan fingerprint density at radius 2 is 1.84 bits per heavy atom. The van der Waals surface area contributed by atoms with Gasteiger partial charge in [0.25, 0.3) is 0 Å². The van der Waals surface area contributed by atoms with Crippen molar-refractivity contribution in [2.24, 2.45) is 0 Å². The molecule has 0 spiro atoms. The van der Waals surface area contributed by atoms with Crippen molar-refractivity contribution >= 4 is 0 Å². The van der Waals surface area contributed by atoms with Crippen LogP contribution in [0.15, 0.2) is 34.9 Å². The average Bonchev–Trinajstić information content (AvgIpc) is 2.72. The lowest BCUT2D eigenvalue weighted by molar-refractivity contribution is 0.255. The minimum Gasteiger partial charge on any atom is -0.361 e. The highest BCUT2D eigenvalue weighted by Gasteiger charge is 2.13. The Balaban J connectivity index is 2.08. The monoisotopic (exact) mass is 258 g/mol. The highest BCUT2D eigenvalue weighted by molar-refractivity contribution is 5.21. The van der Waals surface area contributed by atoms with Crippen molar-refractivity contribution in [2.75, 3.05) is 6.54 Å². The molecule has 0 fully saturated rings. The first kappa shape index (κ1) is 13.8. The molecule has 0 saturated carbocycles. The summed E-state index contributed by atoms with van der Waals surface area (Å²) in [6.07, 6.45) is 1.15. The SMILES string of the molecule is CCCN(Cc1ccccc1)Cc1c(C)noc1C. The number of aromatic nitrogens is 1. The van der Waals surface area contributed by atoms with Gasteiger partial charge < -0.3 is 4.52 Å². The number of nitrogens with zero attached hydrogens (tertiary/aromatic N) is 2. The third-order valence-corrected chi connectivity index (χ3v) is 3.35. The van der Waals surface area contributed by atoms with Crippen molar-refractivity contribution in [3.8, 4) is 0 Å². The lowest BCUT2D eigenvalue weighted by atomic mass is 10.1. The number of aryl methyl sites for hydroxylation is 2. The number of benzene rings is 1. The highest BCUT2D eigenvalue weighted by atomic mass is 16.5. The zero-order valence-electron chi connectivity index (χ0n) is 12.0. The summed E-state index contributed by atoms with van der Waals surface area (Å²) in [6.45, 7) is 9.17. The fourth-order valence-corrected chi connectivity index (χ4v) is 2.32. The predicted molar refractivity (Wildman–Crippen MR) is 76.8 cm³/mol. The third kappa shape index (κ3) is 3.67. The second-order valence-corrected chi connectivity index (χ2v) is 5.00. The molecular formula is C16H22N2O. The van der Waals surface area contributed by atoms with Gasteiger partial charge in [-0.3, -0.25) is 4.90 Å². The van der Waals surface area contributed by atoms with Gasteiger partial charge in [0.15, 0.2) is 0 Å². The number of hydrogen-bond donors (Lipinski definition) is 0. The molecule has 3 heteroatoms. The zero-order chi connectivity index (χ0) is 13.7. The number of hydrogen-bond acceptors (Lipinski definition) is 3. The van der Waals surface area contributed by atoms with Gasteiger partial charge in [0.1, 0.15) is 5.76 Å². The molecule has 19 heavy (non-hydrogen) atoms. The van der Waals surface area contributed by atoms with E-state index in [1.54, 1.807) is 0 Å². The van der Waals surface area contributed by atoms with Crippen LogP contribution in [0, 0.1) is 13.8 Å². The molecular weight excluding hydrogens is 236 g/mol. The summed E-state index contributed by atoms with van der Waals surface area (Å²) in [6, 6.07) is 10.6. The summed E-state index contributed by atoms with van der Waals surface area (Å²) in [5.41, 5.74) is 3.58. The molecule has 0 atom stereocenters. The lowest BCUT2D eigenvalue weighted by Crippen LogP contribution is -2.24. The van der Waals surface area contributed by atoms with Gasteiger partial charge in [0.05, 0.1) is 5.69 Å². The van der Waals surface area contributed by atoms with E-state index in [9.17, 15) is 0 Å². The normalized spacial score (nSPS) is 11.2. The smallest absolute Gasteiger partial charge is 0.138 e. The first-order chi connectivity index (χ1) is 9.20. The summed E-state index contributed by atoms with van der Waals surface area (Å²) in [5, 5.41) is 4.03. The molecule has 0 radical (unpaired) electrons. The van der Waals surface area contributed by atoms with Crippen LogP contribution in [0.5, 0.6) is 0 Å². The van der Waals surface area contributed by atoms with Crippen LogP contribution in [0.2, 0.25) is 0 Å². The van der Waals surface area contributed by atoms with Crippen LogP contribution in [-0.4, -0.2) is 16.6 Å². The van der Waals surface area contributed by atoms with Gasteiger partial charge in [-0.15, -0.1) is 0 Å². The summed E-state index contributed by atoms with van der Waals surface area (Å²) >= 11 is 0. The van der Waals surface area contributed by atoms with Gasteiger partial charge in [-0.2, -0.15) is 0 Å². The Bertz CT molecular complexity index is 485. The Labute approximate surface area is 115 Å². The van der Waals surface area contributed by atoms with E-state index in [1.807, 2.05) is 13.8 Å². The summed E-state index contributed by atoms with van der Waals surface area (Å²) in [7, 11) is 0. The van der Waals surface area contributed by atoms with Crippen LogP contribution in [0.25, 0.3) is 0 Å². The summed E-state index contributed by atoms with van der Waals surface area (Å²) in [5.74, 6) is 0.937. The maximum absolute atomic E-state index is 5.25. The minimum atomic E-state index is 0.907. The van der Waals surface area contributed by atoms with E-state index in [1.165, 1.54) is 11.1 Å². The maximum atomic E-state index is 5.25. The first-order valence-electron chi connectivity index (χ1n) is 6.88. The van der Waals surface area contributed by atoms with E-state index in [4.69, 9.17) is 4.52 Å². The molecule has 1 aromatic heterocycles. The molecule has 1 aromatic carbocycles. The largest absolute Gasteiger partial charge is 0.361 e. The second-order valence-electron chi connectivity index (χ2n) is 5.00. The van der Waals surface area contributed by atoms with E-state index in [0.29, 0.717) is 0 Å². The molecule has 0 N–H and O–H groups in total. The van der Waals surface area contributed by atoms with Crippen LogP contribution in [0.1, 0.15) is 35.9 Å². The fraction of sp³-hybridized carbons (Fsp3) is 0.438. The molecule has 2 rings (SSSR count). The summed E-state index contributed by atoms with van der Waals surface area (Å²) < 4.78 is 5.25. The van der Waals surface area contributed by atoms with Gasteiger partial charge in [-0.05, 0) is 32.4 Å². The van der Waals surface area contributed by atoms with Crippen molar-refractivity contribution < 1.29 is 4.52 Å². The van der Waals surface area contributed by atoms with E-state index in [0.717, 1.165) is 37.5 Å². The second kappa shape index (κ2) is 6.53. The molecule has 0 aliphatic carbocycles. The summed E-state index contributed by atoms with van der Waals surface area (Å²) in [4.78, 5) is 2.45. The maximum Gasteiger partial charge on any atom is 0.138 e. The molecule has 0 saturated heterocycles. The molecule has 0 unspecified atom stereocenters. The van der Waals surface area contributed by atoms with Gasteiger partial charge in [0.2, 0.25) is 0 Å². The molecule has 2 aromatic rings. The molecule has 1 heterocycles. The molecule has 102 valence electrons. The van der Waals surface area contributed by atoms with Crippen molar-refractivity contribution in [2.45, 2.75) is 40.3 Å².